The monoisotopic (exact) mass is 399 g/mol. The van der Waals surface area contributed by atoms with Gasteiger partial charge in [0.1, 0.15) is 14.1 Å². The molecule has 0 aliphatic rings. The van der Waals surface area contributed by atoms with E-state index in [0.29, 0.717) is 0 Å². The van der Waals surface area contributed by atoms with Crippen molar-refractivity contribution in [1.82, 2.24) is 9.13 Å². The van der Waals surface area contributed by atoms with Crippen molar-refractivity contribution >= 4 is 34.2 Å². The minimum atomic E-state index is 1.05. The van der Waals surface area contributed by atoms with Crippen LogP contribution in [0.1, 0.15) is 30.4 Å². The molecule has 0 amide bonds. The molecule has 4 rings (SSSR count). The summed E-state index contributed by atoms with van der Waals surface area (Å²) in [5.74, 6) is 0. The number of aromatic nitrogens is 2. The number of unbranched alkanes of at least 4 members (excludes halogenated alkanes) is 2. The van der Waals surface area contributed by atoms with Crippen molar-refractivity contribution in [1.29, 1.82) is 0 Å². The predicted octanol–water partition coefficient (Wildman–Crippen LogP) is 5.21. The van der Waals surface area contributed by atoms with Crippen LogP contribution in [0.3, 0.4) is 0 Å². The van der Waals surface area contributed by atoms with Crippen LogP contribution in [0.25, 0.3) is 21.8 Å². The quantitative estimate of drug-likeness (QED) is 0.221. The van der Waals surface area contributed by atoms with Gasteiger partial charge in [0.05, 0.1) is 5.56 Å². The van der Waals surface area contributed by atoms with E-state index in [9.17, 15) is 0 Å². The van der Waals surface area contributed by atoms with Crippen molar-refractivity contribution in [2.24, 2.45) is 4.99 Å². The van der Waals surface area contributed by atoms with Crippen molar-refractivity contribution < 1.29 is 4.58 Å². The summed E-state index contributed by atoms with van der Waals surface area (Å²) >= 11 is 0. The van der Waals surface area contributed by atoms with Gasteiger partial charge < -0.3 is 9.13 Å². The van der Waals surface area contributed by atoms with E-state index >= 15 is 0 Å². The third-order valence-electron chi connectivity index (χ3n) is 5.60. The summed E-state index contributed by atoms with van der Waals surface area (Å²) in [5, 5.41) is 2.61. The first-order valence-corrected chi connectivity index (χ1v) is 10.8. The van der Waals surface area contributed by atoms with Crippen LogP contribution < -0.4 is 0 Å². The molecule has 4 aromatic rings. The Labute approximate surface area is 178 Å². The van der Waals surface area contributed by atoms with E-state index in [2.05, 4.69) is 99.9 Å². The zero-order valence-corrected chi connectivity index (χ0v) is 18.3. The van der Waals surface area contributed by atoms with Gasteiger partial charge in [0.2, 0.25) is 0 Å². The highest BCUT2D eigenvalue weighted by atomic mass is 15.0. The molecule has 0 unspecified atom stereocenters. The second-order valence-corrected chi connectivity index (χ2v) is 8.13. The number of para-hydroxylation sites is 2. The second-order valence-electron chi connectivity index (χ2n) is 8.13. The maximum atomic E-state index is 4.21. The number of aryl methyl sites for hydroxylation is 2. The van der Waals surface area contributed by atoms with E-state index in [1.165, 1.54) is 52.2 Å². The topological polar surface area (TPSA) is 25.2 Å². The largest absolute Gasteiger partial charge is 0.347 e. The van der Waals surface area contributed by atoms with Gasteiger partial charge in [0, 0.05) is 66.1 Å². The lowest BCUT2D eigenvalue weighted by Crippen LogP contribution is -2.00. The van der Waals surface area contributed by atoms with Gasteiger partial charge in [0.25, 0.3) is 0 Å². The summed E-state index contributed by atoms with van der Waals surface area (Å²) in [6.45, 7) is 2.10. The molecule has 0 saturated heterocycles. The molecule has 2 heterocycles. The molecule has 0 spiro atoms. The van der Waals surface area contributed by atoms with E-state index in [4.69, 9.17) is 0 Å². The molecular formula is C26H31N4+. The molecular weight excluding hydrogens is 368 g/mol. The van der Waals surface area contributed by atoms with E-state index in [1.54, 1.807) is 0 Å². The van der Waals surface area contributed by atoms with Crippen LogP contribution in [0.15, 0.2) is 65.9 Å². The van der Waals surface area contributed by atoms with Crippen LogP contribution in [0.2, 0.25) is 0 Å². The highest BCUT2D eigenvalue weighted by molar-refractivity contribution is 5.99. The predicted molar refractivity (Wildman–Crippen MR) is 129 cm³/mol. The molecule has 0 saturated carbocycles. The molecule has 4 nitrogen and oxygen atoms in total. The van der Waals surface area contributed by atoms with E-state index < -0.39 is 0 Å². The van der Waals surface area contributed by atoms with Gasteiger partial charge in [-0.1, -0.05) is 36.4 Å². The maximum absolute atomic E-state index is 4.21. The number of fused-ring (bicyclic) bond motifs is 2. The molecule has 0 fully saturated rings. The van der Waals surface area contributed by atoms with Gasteiger partial charge in [-0.3, -0.25) is 4.99 Å². The van der Waals surface area contributed by atoms with Crippen LogP contribution in [-0.4, -0.2) is 47.3 Å². The van der Waals surface area contributed by atoms with E-state index in [1.807, 2.05) is 13.3 Å². The Kier molecular flexibility index (Phi) is 6.12. The molecule has 2 aromatic carbocycles. The molecule has 0 aliphatic heterocycles. The number of rotatable bonds is 8. The Morgan fingerprint density at radius 1 is 0.767 bits per heavy atom. The van der Waals surface area contributed by atoms with Crippen molar-refractivity contribution in [3.8, 4) is 0 Å². The fourth-order valence-corrected chi connectivity index (χ4v) is 4.28. The fraction of sp³-hybridized carbons (Fsp3) is 0.308. The first kappa shape index (κ1) is 20.1. The summed E-state index contributed by atoms with van der Waals surface area (Å²) in [6.07, 6.45) is 12.3. The number of benzene rings is 2. The van der Waals surface area contributed by atoms with Crippen LogP contribution >= 0.6 is 0 Å². The van der Waals surface area contributed by atoms with Crippen molar-refractivity contribution in [2.45, 2.75) is 32.4 Å². The van der Waals surface area contributed by atoms with Crippen molar-refractivity contribution in [3.63, 3.8) is 0 Å². The standard InChI is InChI=1S/C26H31N4/c1-27-17-21-19-29(25-13-7-5-11-23(21)25)15-9-4-10-16-30-20-22(18-28(2)3)24-12-6-8-14-26(24)30/h5-8,11-14,17-20H,4,9-10,15-16H2,1-3H3/q+1/b27-17+. The summed E-state index contributed by atoms with van der Waals surface area (Å²) in [5.41, 5.74) is 5.12. The normalized spacial score (nSPS) is 11.7. The van der Waals surface area contributed by atoms with Gasteiger partial charge in [-0.15, -0.1) is 0 Å². The van der Waals surface area contributed by atoms with E-state index in [-0.39, 0.29) is 0 Å². The molecule has 0 atom stereocenters. The summed E-state index contributed by atoms with van der Waals surface area (Å²) in [7, 11) is 5.99. The third kappa shape index (κ3) is 4.23. The van der Waals surface area contributed by atoms with Gasteiger partial charge in [0.15, 0.2) is 6.21 Å². The van der Waals surface area contributed by atoms with Crippen molar-refractivity contribution in [3.05, 3.63) is 72.1 Å². The minimum absolute atomic E-state index is 1.05. The maximum Gasteiger partial charge on any atom is 0.172 e. The molecule has 30 heavy (non-hydrogen) atoms. The Balaban J connectivity index is 1.40. The summed E-state index contributed by atoms with van der Waals surface area (Å²) < 4.78 is 6.90. The average Bonchev–Trinajstić information content (AvgIpc) is 3.27. The van der Waals surface area contributed by atoms with Crippen LogP contribution in [0.4, 0.5) is 0 Å². The lowest BCUT2D eigenvalue weighted by Gasteiger charge is -2.07. The van der Waals surface area contributed by atoms with Gasteiger partial charge in [-0.05, 0) is 31.4 Å². The molecule has 2 aromatic heterocycles. The molecule has 4 heteroatoms. The molecule has 0 N–H and O–H groups in total. The molecule has 0 aliphatic carbocycles. The summed E-state index contributed by atoms with van der Waals surface area (Å²) in [4.78, 5) is 4.21. The molecule has 154 valence electrons. The highest BCUT2D eigenvalue weighted by Crippen LogP contribution is 2.22. The zero-order chi connectivity index (χ0) is 20.9. The smallest absolute Gasteiger partial charge is 0.172 e. The molecule has 0 bridgehead atoms. The number of hydrogen-bond donors (Lipinski definition) is 0. The fourth-order valence-electron chi connectivity index (χ4n) is 4.28. The minimum Gasteiger partial charge on any atom is -0.347 e. The number of hydrogen-bond acceptors (Lipinski definition) is 1. The summed E-state index contributed by atoms with van der Waals surface area (Å²) in [6, 6.07) is 17.3. The Morgan fingerprint density at radius 2 is 1.30 bits per heavy atom. The van der Waals surface area contributed by atoms with Gasteiger partial charge in [-0.2, -0.15) is 0 Å². The van der Waals surface area contributed by atoms with Crippen LogP contribution in [-0.2, 0) is 13.1 Å². The van der Waals surface area contributed by atoms with Crippen LogP contribution in [0.5, 0.6) is 0 Å². The first-order chi connectivity index (χ1) is 14.7. The molecule has 0 radical (unpaired) electrons. The third-order valence-corrected chi connectivity index (χ3v) is 5.60. The Bertz CT molecular complexity index is 1200. The van der Waals surface area contributed by atoms with Crippen LogP contribution in [0, 0.1) is 0 Å². The lowest BCUT2D eigenvalue weighted by molar-refractivity contribution is -0.458. The second kappa shape index (κ2) is 9.12. The Morgan fingerprint density at radius 3 is 1.87 bits per heavy atom. The first-order valence-electron chi connectivity index (χ1n) is 10.8. The van der Waals surface area contributed by atoms with E-state index in [0.717, 1.165) is 13.1 Å². The number of aliphatic imine (C=N–C) groups is 1. The SMILES string of the molecule is C/N=C/c1cn(CCCCCn2cc(C=[N+](C)C)c3ccccc32)c2ccccc12. The Hall–Kier alpha value is -3.14. The lowest BCUT2D eigenvalue weighted by atomic mass is 10.2. The van der Waals surface area contributed by atoms with Crippen molar-refractivity contribution in [2.75, 3.05) is 21.1 Å². The zero-order valence-electron chi connectivity index (χ0n) is 18.3. The van der Waals surface area contributed by atoms with Gasteiger partial charge >= 0.3 is 0 Å². The number of nitrogens with zero attached hydrogens (tertiary/aromatic N) is 4. The van der Waals surface area contributed by atoms with Gasteiger partial charge in [-0.25, -0.2) is 4.58 Å². The highest BCUT2D eigenvalue weighted by Gasteiger charge is 2.09. The average molecular weight is 400 g/mol.